The molecule has 0 spiro atoms. The summed E-state index contributed by atoms with van der Waals surface area (Å²) >= 11 is 0. The van der Waals surface area contributed by atoms with Crippen LogP contribution in [0.2, 0.25) is 0 Å². The number of alkyl halides is 3. The third kappa shape index (κ3) is 6.73. The second-order valence-corrected chi connectivity index (χ2v) is 9.19. The maximum Gasteiger partial charge on any atom is 0.435 e. The molecule has 2 atom stereocenters. The summed E-state index contributed by atoms with van der Waals surface area (Å²) in [5.74, 6) is -0.859. The number of amides is 1. The van der Waals surface area contributed by atoms with Crippen molar-refractivity contribution in [3.63, 3.8) is 0 Å². The Morgan fingerprint density at radius 1 is 1.05 bits per heavy atom. The van der Waals surface area contributed by atoms with E-state index in [1.165, 1.54) is 30.3 Å². The molecule has 3 aromatic carbocycles. The van der Waals surface area contributed by atoms with Crippen molar-refractivity contribution >= 4 is 11.6 Å². The number of rotatable bonds is 9. The monoisotopic (exact) mass is 549 g/mol. The molecule has 0 aliphatic rings. The highest BCUT2D eigenvalue weighted by molar-refractivity contribution is 6.03. The Kier molecular flexibility index (Phi) is 8.64. The van der Waals surface area contributed by atoms with Crippen LogP contribution in [0, 0.1) is 11.3 Å². The van der Waals surface area contributed by atoms with E-state index < -0.39 is 23.9 Å². The smallest absolute Gasteiger partial charge is 0.395 e. The number of carbonyl (C=O) groups excluding carboxylic acids is 1. The molecule has 40 heavy (non-hydrogen) atoms. The average molecular weight is 550 g/mol. The lowest BCUT2D eigenvalue weighted by Crippen LogP contribution is -2.24. The average Bonchev–Trinajstić information content (AvgIpc) is 3.43. The maximum atomic E-state index is 13.5. The van der Waals surface area contributed by atoms with Gasteiger partial charge in [0.15, 0.2) is 5.69 Å². The molecule has 11 heteroatoms. The molecular weight excluding hydrogens is 523 g/mol. The molecule has 0 bridgehead atoms. The maximum absolute atomic E-state index is 13.5. The first-order valence-electron chi connectivity index (χ1n) is 12.3. The van der Waals surface area contributed by atoms with E-state index in [0.717, 1.165) is 10.2 Å². The van der Waals surface area contributed by atoms with Crippen molar-refractivity contribution < 1.29 is 28.2 Å². The van der Waals surface area contributed by atoms with Crippen molar-refractivity contribution in [3.05, 3.63) is 113 Å². The van der Waals surface area contributed by atoms with Crippen LogP contribution >= 0.6 is 0 Å². The number of anilines is 1. The molecule has 206 valence electrons. The number of nitrogens with one attached hydrogen (secondary N) is 1. The Labute approximate surface area is 228 Å². The van der Waals surface area contributed by atoms with E-state index in [2.05, 4.69) is 10.4 Å². The number of nitrogens with zero attached hydrogens (tertiary/aromatic N) is 3. The minimum absolute atomic E-state index is 0.0934. The number of nitriles is 1. The van der Waals surface area contributed by atoms with Crippen LogP contribution in [-0.4, -0.2) is 38.5 Å². The molecule has 0 radical (unpaired) electrons. The van der Waals surface area contributed by atoms with Crippen LogP contribution in [0.1, 0.15) is 51.0 Å². The van der Waals surface area contributed by atoms with Crippen LogP contribution < -0.4 is 11.1 Å². The molecule has 1 amide bonds. The SMILES string of the molecule is N#Cc1cccc(-n2nc(C(F)(F)F)cc2C(=O)Nc2cccc(C(O)c3ccc(CCC(N)CO)cc3)c2)c1. The molecule has 0 aliphatic carbocycles. The van der Waals surface area contributed by atoms with E-state index in [1.54, 1.807) is 30.3 Å². The van der Waals surface area contributed by atoms with Gasteiger partial charge < -0.3 is 21.3 Å². The highest BCUT2D eigenvalue weighted by Crippen LogP contribution is 2.30. The Morgan fingerprint density at radius 2 is 1.77 bits per heavy atom. The van der Waals surface area contributed by atoms with Crippen LogP contribution in [0.15, 0.2) is 78.9 Å². The Balaban J connectivity index is 1.55. The summed E-state index contributed by atoms with van der Waals surface area (Å²) in [6.07, 6.45) is -4.53. The van der Waals surface area contributed by atoms with Crippen molar-refractivity contribution in [2.24, 2.45) is 5.73 Å². The fraction of sp³-hybridized carbons (Fsp3) is 0.207. The lowest BCUT2D eigenvalue weighted by atomic mass is 9.98. The first-order valence-corrected chi connectivity index (χ1v) is 12.3. The van der Waals surface area contributed by atoms with E-state index in [4.69, 9.17) is 16.1 Å². The Bertz CT molecular complexity index is 1530. The summed E-state index contributed by atoms with van der Waals surface area (Å²) in [6, 6.07) is 21.6. The van der Waals surface area contributed by atoms with Gasteiger partial charge in [0.1, 0.15) is 11.8 Å². The van der Waals surface area contributed by atoms with Crippen LogP contribution in [-0.2, 0) is 12.6 Å². The normalized spacial score (nSPS) is 12.9. The number of aromatic nitrogens is 2. The molecule has 1 aromatic heterocycles. The fourth-order valence-corrected chi connectivity index (χ4v) is 4.07. The summed E-state index contributed by atoms with van der Waals surface area (Å²) in [5, 5.41) is 35.3. The van der Waals surface area contributed by atoms with Crippen molar-refractivity contribution in [2.75, 3.05) is 11.9 Å². The molecule has 0 fully saturated rings. The van der Waals surface area contributed by atoms with Crippen molar-refractivity contribution in [3.8, 4) is 11.8 Å². The lowest BCUT2D eigenvalue weighted by Gasteiger charge is -2.15. The minimum atomic E-state index is -4.79. The molecule has 0 aliphatic heterocycles. The zero-order valence-corrected chi connectivity index (χ0v) is 21.1. The number of aliphatic hydroxyl groups is 2. The molecule has 0 saturated heterocycles. The molecular formula is C29H26F3N5O3. The molecule has 4 rings (SSSR count). The summed E-state index contributed by atoms with van der Waals surface area (Å²) in [4.78, 5) is 13.1. The lowest BCUT2D eigenvalue weighted by molar-refractivity contribution is -0.141. The summed E-state index contributed by atoms with van der Waals surface area (Å²) in [5.41, 5.74) is 6.72. The van der Waals surface area contributed by atoms with Crippen molar-refractivity contribution in [2.45, 2.75) is 31.2 Å². The summed E-state index contributed by atoms with van der Waals surface area (Å²) in [7, 11) is 0. The predicted molar refractivity (Wildman–Crippen MR) is 142 cm³/mol. The first kappa shape index (κ1) is 28.5. The van der Waals surface area contributed by atoms with Crippen LogP contribution in [0.3, 0.4) is 0 Å². The number of carbonyl (C=O) groups is 1. The number of aliphatic hydroxyl groups excluding tert-OH is 2. The molecule has 8 nitrogen and oxygen atoms in total. The number of benzene rings is 3. The molecule has 4 aromatic rings. The molecule has 2 unspecified atom stereocenters. The van der Waals surface area contributed by atoms with Gasteiger partial charge in [0.2, 0.25) is 0 Å². The van der Waals surface area contributed by atoms with Gasteiger partial charge in [0.25, 0.3) is 5.91 Å². The third-order valence-electron chi connectivity index (χ3n) is 6.25. The molecule has 0 saturated carbocycles. The van der Waals surface area contributed by atoms with Gasteiger partial charge in [0, 0.05) is 17.8 Å². The number of aryl methyl sites for hydroxylation is 1. The Morgan fingerprint density at radius 3 is 2.45 bits per heavy atom. The standard InChI is InChI=1S/C29H26F3N5O3/c30-29(31,32)26-15-25(37(36-26)24-6-1-3-19(13-24)16-33)28(40)35-23-5-2-4-21(14-23)27(39)20-10-7-18(8-11-20)9-12-22(34)17-38/h1-8,10-11,13-15,22,27,38-39H,9,12,17,34H2,(H,35,40). The van der Waals surface area contributed by atoms with E-state index in [0.29, 0.717) is 30.0 Å². The summed E-state index contributed by atoms with van der Waals surface area (Å²) < 4.78 is 41.2. The fourth-order valence-electron chi connectivity index (χ4n) is 4.07. The zero-order valence-electron chi connectivity index (χ0n) is 21.1. The zero-order chi connectivity index (χ0) is 28.9. The van der Waals surface area contributed by atoms with Crippen LogP contribution in [0.4, 0.5) is 18.9 Å². The van der Waals surface area contributed by atoms with Crippen molar-refractivity contribution in [1.29, 1.82) is 5.26 Å². The van der Waals surface area contributed by atoms with Gasteiger partial charge in [-0.15, -0.1) is 0 Å². The number of halogens is 3. The highest BCUT2D eigenvalue weighted by Gasteiger charge is 2.36. The van der Waals surface area contributed by atoms with Crippen molar-refractivity contribution in [1.82, 2.24) is 9.78 Å². The number of hydrogen-bond donors (Lipinski definition) is 4. The minimum Gasteiger partial charge on any atom is -0.395 e. The van der Waals surface area contributed by atoms with Gasteiger partial charge in [0.05, 0.1) is 23.9 Å². The van der Waals surface area contributed by atoms with Gasteiger partial charge in [-0.3, -0.25) is 4.79 Å². The summed E-state index contributed by atoms with van der Waals surface area (Å²) in [6.45, 7) is -0.0934. The number of hydrogen-bond acceptors (Lipinski definition) is 6. The largest absolute Gasteiger partial charge is 0.435 e. The third-order valence-corrected chi connectivity index (χ3v) is 6.25. The molecule has 5 N–H and O–H groups in total. The Hall–Kier alpha value is -4.50. The van der Waals surface area contributed by atoms with Gasteiger partial charge in [-0.05, 0) is 59.9 Å². The molecule has 1 heterocycles. The second-order valence-electron chi connectivity index (χ2n) is 9.19. The van der Waals surface area contributed by atoms with E-state index in [1.807, 2.05) is 18.2 Å². The van der Waals surface area contributed by atoms with E-state index in [-0.39, 0.29) is 35.3 Å². The van der Waals surface area contributed by atoms with Gasteiger partial charge in [-0.1, -0.05) is 42.5 Å². The second kappa shape index (κ2) is 12.1. The number of nitrogens with two attached hydrogens (primary N) is 1. The topological polar surface area (TPSA) is 137 Å². The quantitative estimate of drug-likeness (QED) is 0.245. The predicted octanol–water partition coefficient (Wildman–Crippen LogP) is 4.35. The van der Waals surface area contributed by atoms with E-state index >= 15 is 0 Å². The van der Waals surface area contributed by atoms with Gasteiger partial charge in [-0.2, -0.15) is 23.5 Å². The van der Waals surface area contributed by atoms with Crippen LogP contribution in [0.5, 0.6) is 0 Å². The van der Waals surface area contributed by atoms with Gasteiger partial charge >= 0.3 is 6.18 Å². The first-order chi connectivity index (χ1) is 19.1. The van der Waals surface area contributed by atoms with E-state index in [9.17, 15) is 23.1 Å². The highest BCUT2D eigenvalue weighted by atomic mass is 19.4. The van der Waals surface area contributed by atoms with Gasteiger partial charge in [-0.25, -0.2) is 4.68 Å². The van der Waals surface area contributed by atoms with Crippen LogP contribution in [0.25, 0.3) is 5.69 Å².